The highest BCUT2D eigenvalue weighted by atomic mass is 16.5. The molecule has 0 aromatic carbocycles. The summed E-state index contributed by atoms with van der Waals surface area (Å²) in [6.07, 6.45) is 4.72. The van der Waals surface area contributed by atoms with Crippen LogP contribution in [0.4, 0.5) is 0 Å². The number of ether oxygens (including phenoxy) is 1. The molecular formula is C16H31N3O2. The minimum atomic E-state index is -0.572. The van der Waals surface area contributed by atoms with Crippen molar-refractivity contribution in [2.45, 2.75) is 51.1 Å². The minimum Gasteiger partial charge on any atom is -0.465 e. The molecule has 0 saturated carbocycles. The van der Waals surface area contributed by atoms with Crippen molar-refractivity contribution in [3.63, 3.8) is 0 Å². The third kappa shape index (κ3) is 4.18. The van der Waals surface area contributed by atoms with E-state index in [1.54, 1.807) is 0 Å². The molecule has 2 aliphatic rings. The summed E-state index contributed by atoms with van der Waals surface area (Å²) in [6, 6.07) is 0.732. The Labute approximate surface area is 129 Å². The lowest BCUT2D eigenvalue weighted by molar-refractivity contribution is -0.150. The van der Waals surface area contributed by atoms with E-state index in [1.807, 2.05) is 20.9 Å². The molecule has 0 bridgehead atoms. The van der Waals surface area contributed by atoms with Gasteiger partial charge in [-0.1, -0.05) is 0 Å². The maximum absolute atomic E-state index is 12.1. The lowest BCUT2D eigenvalue weighted by Crippen LogP contribution is -2.51. The van der Waals surface area contributed by atoms with Crippen molar-refractivity contribution in [3.05, 3.63) is 0 Å². The Bertz CT molecular complexity index is 350. The largest absolute Gasteiger partial charge is 0.465 e. The molecule has 2 aliphatic heterocycles. The van der Waals surface area contributed by atoms with E-state index in [-0.39, 0.29) is 5.97 Å². The number of carbonyl (C=O) groups excluding carboxylic acids is 1. The minimum absolute atomic E-state index is 0.134. The number of hydrogen-bond acceptors (Lipinski definition) is 5. The normalized spacial score (nSPS) is 26.9. The van der Waals surface area contributed by atoms with Gasteiger partial charge in [-0.25, -0.2) is 0 Å². The lowest BCUT2D eigenvalue weighted by atomic mass is 9.97. The molecule has 2 rings (SSSR count). The van der Waals surface area contributed by atoms with Gasteiger partial charge in [0.05, 0.1) is 6.61 Å². The Morgan fingerprint density at radius 2 is 2.10 bits per heavy atom. The summed E-state index contributed by atoms with van der Waals surface area (Å²) < 4.78 is 5.20. The molecule has 0 aliphatic carbocycles. The Hall–Kier alpha value is -0.650. The van der Waals surface area contributed by atoms with E-state index in [9.17, 15) is 4.79 Å². The average Bonchev–Trinajstić information content (AvgIpc) is 2.83. The first kappa shape index (κ1) is 16.7. The standard InChI is InChI=1S/C16H31N3O2/c1-4-21-15(20)16(2,17-3)8-12-18-9-6-11-19-10-5-7-14(19)13-18/h14,17H,4-13H2,1-3H3. The van der Waals surface area contributed by atoms with E-state index in [2.05, 4.69) is 15.1 Å². The van der Waals surface area contributed by atoms with Crippen LogP contribution in [0, 0.1) is 0 Å². The molecule has 0 radical (unpaired) electrons. The van der Waals surface area contributed by atoms with Crippen LogP contribution >= 0.6 is 0 Å². The maximum Gasteiger partial charge on any atom is 0.326 e. The van der Waals surface area contributed by atoms with Gasteiger partial charge in [0.2, 0.25) is 0 Å². The number of nitrogens with zero attached hydrogens (tertiary/aromatic N) is 2. The second kappa shape index (κ2) is 7.56. The van der Waals surface area contributed by atoms with Crippen molar-refractivity contribution in [1.29, 1.82) is 0 Å². The number of esters is 1. The van der Waals surface area contributed by atoms with Gasteiger partial charge in [-0.2, -0.15) is 0 Å². The molecule has 2 heterocycles. The predicted molar refractivity (Wildman–Crippen MR) is 84.4 cm³/mol. The Balaban J connectivity index is 1.86. The molecule has 21 heavy (non-hydrogen) atoms. The molecule has 1 N–H and O–H groups in total. The van der Waals surface area contributed by atoms with Gasteiger partial charge in [0, 0.05) is 19.1 Å². The number of carbonyl (C=O) groups is 1. The number of hydrogen-bond donors (Lipinski definition) is 1. The van der Waals surface area contributed by atoms with Gasteiger partial charge >= 0.3 is 5.97 Å². The van der Waals surface area contributed by atoms with E-state index in [0.29, 0.717) is 6.61 Å². The van der Waals surface area contributed by atoms with E-state index in [0.717, 1.165) is 32.1 Å². The van der Waals surface area contributed by atoms with Crippen LogP contribution in [0.25, 0.3) is 0 Å². The van der Waals surface area contributed by atoms with Crippen LogP contribution in [0.1, 0.15) is 39.5 Å². The molecule has 5 nitrogen and oxygen atoms in total. The monoisotopic (exact) mass is 297 g/mol. The SMILES string of the molecule is CCOC(=O)C(C)(CCN1CCCN2CCCC2C1)NC. The van der Waals surface area contributed by atoms with Gasteiger partial charge in [-0.05, 0) is 66.2 Å². The highest BCUT2D eigenvalue weighted by Gasteiger charge is 2.34. The third-order valence-electron chi connectivity index (χ3n) is 5.09. The van der Waals surface area contributed by atoms with Crippen LogP contribution in [-0.2, 0) is 9.53 Å². The first-order valence-electron chi connectivity index (χ1n) is 8.41. The van der Waals surface area contributed by atoms with Crippen molar-refractivity contribution in [2.75, 3.05) is 46.4 Å². The predicted octanol–water partition coefficient (Wildman–Crippen LogP) is 1.09. The molecule has 0 aromatic rings. The summed E-state index contributed by atoms with van der Waals surface area (Å²) >= 11 is 0. The van der Waals surface area contributed by atoms with Gasteiger partial charge < -0.3 is 15.0 Å². The van der Waals surface area contributed by atoms with Gasteiger partial charge in [-0.15, -0.1) is 0 Å². The van der Waals surface area contributed by atoms with Crippen molar-refractivity contribution >= 4 is 5.97 Å². The summed E-state index contributed by atoms with van der Waals surface area (Å²) in [4.78, 5) is 17.3. The Morgan fingerprint density at radius 1 is 1.33 bits per heavy atom. The summed E-state index contributed by atoms with van der Waals surface area (Å²) in [5, 5.41) is 3.15. The van der Waals surface area contributed by atoms with Crippen molar-refractivity contribution in [3.8, 4) is 0 Å². The molecule has 2 saturated heterocycles. The number of fused-ring (bicyclic) bond motifs is 1. The molecule has 122 valence electrons. The quantitative estimate of drug-likeness (QED) is 0.744. The summed E-state index contributed by atoms with van der Waals surface area (Å²) in [6.45, 7) is 10.0. The Morgan fingerprint density at radius 3 is 2.81 bits per heavy atom. The van der Waals surface area contributed by atoms with Crippen molar-refractivity contribution in [1.82, 2.24) is 15.1 Å². The maximum atomic E-state index is 12.1. The topological polar surface area (TPSA) is 44.8 Å². The lowest BCUT2D eigenvalue weighted by Gasteiger charge is -2.31. The number of likely N-dealkylation sites (N-methyl/N-ethyl adjacent to an activating group) is 1. The molecule has 0 amide bonds. The smallest absolute Gasteiger partial charge is 0.326 e. The van der Waals surface area contributed by atoms with E-state index in [1.165, 1.54) is 32.4 Å². The van der Waals surface area contributed by atoms with Gasteiger partial charge in [-0.3, -0.25) is 9.69 Å². The number of nitrogens with one attached hydrogen (secondary N) is 1. The fraction of sp³-hybridized carbons (Fsp3) is 0.938. The van der Waals surface area contributed by atoms with Crippen LogP contribution in [-0.4, -0.2) is 73.7 Å². The zero-order chi connectivity index (χ0) is 15.3. The van der Waals surface area contributed by atoms with Crippen molar-refractivity contribution < 1.29 is 9.53 Å². The molecule has 2 atom stereocenters. The first-order chi connectivity index (χ1) is 10.1. The van der Waals surface area contributed by atoms with Gasteiger partial charge in [0.15, 0.2) is 0 Å². The van der Waals surface area contributed by atoms with Crippen molar-refractivity contribution in [2.24, 2.45) is 0 Å². The highest BCUT2D eigenvalue weighted by molar-refractivity contribution is 5.80. The molecule has 5 heteroatoms. The van der Waals surface area contributed by atoms with Crippen LogP contribution in [0.2, 0.25) is 0 Å². The third-order valence-corrected chi connectivity index (χ3v) is 5.09. The molecule has 2 unspecified atom stereocenters. The second-order valence-corrected chi connectivity index (χ2v) is 6.54. The summed E-state index contributed by atoms with van der Waals surface area (Å²) in [5.41, 5.74) is -0.572. The molecular weight excluding hydrogens is 266 g/mol. The highest BCUT2D eigenvalue weighted by Crippen LogP contribution is 2.22. The van der Waals surface area contributed by atoms with Gasteiger partial charge in [0.1, 0.15) is 5.54 Å². The van der Waals surface area contributed by atoms with Crippen LogP contribution < -0.4 is 5.32 Å². The van der Waals surface area contributed by atoms with Crippen LogP contribution in [0.3, 0.4) is 0 Å². The van der Waals surface area contributed by atoms with E-state index < -0.39 is 5.54 Å². The Kier molecular flexibility index (Phi) is 6.02. The average molecular weight is 297 g/mol. The molecule has 0 spiro atoms. The molecule has 0 aromatic heterocycles. The second-order valence-electron chi connectivity index (χ2n) is 6.54. The molecule has 2 fully saturated rings. The summed E-state index contributed by atoms with van der Waals surface area (Å²) in [7, 11) is 1.85. The van der Waals surface area contributed by atoms with Crippen LogP contribution in [0.15, 0.2) is 0 Å². The first-order valence-corrected chi connectivity index (χ1v) is 8.41. The van der Waals surface area contributed by atoms with Gasteiger partial charge in [0.25, 0.3) is 0 Å². The van der Waals surface area contributed by atoms with Crippen LogP contribution in [0.5, 0.6) is 0 Å². The summed E-state index contributed by atoms with van der Waals surface area (Å²) in [5.74, 6) is -0.134. The zero-order valence-electron chi connectivity index (χ0n) is 13.9. The zero-order valence-corrected chi connectivity index (χ0v) is 13.9. The van der Waals surface area contributed by atoms with E-state index in [4.69, 9.17) is 4.74 Å². The fourth-order valence-electron chi connectivity index (χ4n) is 3.49. The number of rotatable bonds is 6. The fourth-order valence-corrected chi connectivity index (χ4v) is 3.49. The van der Waals surface area contributed by atoms with E-state index >= 15 is 0 Å².